The van der Waals surface area contributed by atoms with E-state index in [0.717, 1.165) is 25.7 Å². The first-order valence-electron chi connectivity index (χ1n) is 5.07. The maximum Gasteiger partial charge on any atom is 0.0532 e. The lowest BCUT2D eigenvalue weighted by atomic mass is 9.91. The van der Waals surface area contributed by atoms with Gasteiger partial charge in [-0.25, -0.2) is 0 Å². The SMILES string of the molecule is CC1(COCC2CC2)CCNC1. The van der Waals surface area contributed by atoms with Gasteiger partial charge in [0.05, 0.1) is 6.61 Å². The Morgan fingerprint density at radius 3 is 2.92 bits per heavy atom. The van der Waals surface area contributed by atoms with E-state index < -0.39 is 0 Å². The van der Waals surface area contributed by atoms with Gasteiger partial charge in [0.2, 0.25) is 0 Å². The van der Waals surface area contributed by atoms with Crippen molar-refractivity contribution >= 4 is 0 Å². The summed E-state index contributed by atoms with van der Waals surface area (Å²) in [4.78, 5) is 0. The van der Waals surface area contributed by atoms with E-state index in [0.29, 0.717) is 5.41 Å². The van der Waals surface area contributed by atoms with Crippen LogP contribution in [0, 0.1) is 11.3 Å². The second-order valence-corrected chi connectivity index (χ2v) is 4.70. The average molecular weight is 169 g/mol. The van der Waals surface area contributed by atoms with Crippen molar-refractivity contribution < 1.29 is 4.74 Å². The van der Waals surface area contributed by atoms with Crippen LogP contribution in [0.3, 0.4) is 0 Å². The molecule has 1 saturated heterocycles. The summed E-state index contributed by atoms with van der Waals surface area (Å²) in [6.45, 7) is 6.59. The van der Waals surface area contributed by atoms with Crippen molar-refractivity contribution in [1.29, 1.82) is 0 Å². The molecule has 70 valence electrons. The highest BCUT2D eigenvalue weighted by molar-refractivity contribution is 4.83. The van der Waals surface area contributed by atoms with Gasteiger partial charge in [0.25, 0.3) is 0 Å². The molecule has 2 aliphatic rings. The number of rotatable bonds is 4. The van der Waals surface area contributed by atoms with E-state index in [1.54, 1.807) is 0 Å². The molecule has 0 amide bonds. The summed E-state index contributed by atoms with van der Waals surface area (Å²) in [6.07, 6.45) is 4.07. The fourth-order valence-electron chi connectivity index (χ4n) is 1.75. The Balaban J connectivity index is 1.63. The van der Waals surface area contributed by atoms with E-state index in [-0.39, 0.29) is 0 Å². The molecule has 2 nitrogen and oxygen atoms in total. The number of hydrogen-bond acceptors (Lipinski definition) is 2. The predicted molar refractivity (Wildman–Crippen MR) is 49.1 cm³/mol. The maximum atomic E-state index is 5.70. The van der Waals surface area contributed by atoms with E-state index in [2.05, 4.69) is 12.2 Å². The summed E-state index contributed by atoms with van der Waals surface area (Å²) in [5.74, 6) is 0.906. The van der Waals surface area contributed by atoms with E-state index in [1.165, 1.54) is 25.8 Å². The van der Waals surface area contributed by atoms with Crippen molar-refractivity contribution in [3.05, 3.63) is 0 Å². The van der Waals surface area contributed by atoms with Crippen LogP contribution in [0.5, 0.6) is 0 Å². The second-order valence-electron chi connectivity index (χ2n) is 4.70. The van der Waals surface area contributed by atoms with Crippen LogP contribution in [0.2, 0.25) is 0 Å². The monoisotopic (exact) mass is 169 g/mol. The minimum atomic E-state index is 0.425. The van der Waals surface area contributed by atoms with Crippen LogP contribution < -0.4 is 5.32 Å². The fourth-order valence-corrected chi connectivity index (χ4v) is 1.75. The summed E-state index contributed by atoms with van der Waals surface area (Å²) in [5.41, 5.74) is 0.425. The van der Waals surface area contributed by atoms with Crippen molar-refractivity contribution in [3.63, 3.8) is 0 Å². The van der Waals surface area contributed by atoms with Crippen molar-refractivity contribution in [2.24, 2.45) is 11.3 Å². The maximum absolute atomic E-state index is 5.70. The number of ether oxygens (including phenoxy) is 1. The van der Waals surface area contributed by atoms with Gasteiger partial charge in [-0.05, 0) is 31.7 Å². The van der Waals surface area contributed by atoms with Gasteiger partial charge in [-0.15, -0.1) is 0 Å². The number of nitrogens with one attached hydrogen (secondary N) is 1. The van der Waals surface area contributed by atoms with E-state index in [4.69, 9.17) is 4.74 Å². The third-order valence-corrected chi connectivity index (χ3v) is 2.96. The third-order valence-electron chi connectivity index (χ3n) is 2.96. The quantitative estimate of drug-likeness (QED) is 0.687. The second kappa shape index (κ2) is 3.35. The molecule has 0 aromatic carbocycles. The summed E-state index contributed by atoms with van der Waals surface area (Å²) in [6, 6.07) is 0. The Morgan fingerprint density at radius 2 is 2.33 bits per heavy atom. The van der Waals surface area contributed by atoms with Gasteiger partial charge in [-0.1, -0.05) is 6.92 Å². The normalized spacial score (nSPS) is 35.8. The molecule has 2 heteroatoms. The molecule has 1 unspecified atom stereocenters. The zero-order valence-corrected chi connectivity index (χ0v) is 7.94. The summed E-state index contributed by atoms with van der Waals surface area (Å²) >= 11 is 0. The van der Waals surface area contributed by atoms with Gasteiger partial charge in [-0.2, -0.15) is 0 Å². The largest absolute Gasteiger partial charge is 0.381 e. The highest BCUT2D eigenvalue weighted by Gasteiger charge is 2.29. The lowest BCUT2D eigenvalue weighted by Gasteiger charge is -2.22. The minimum absolute atomic E-state index is 0.425. The summed E-state index contributed by atoms with van der Waals surface area (Å²) in [7, 11) is 0. The lowest BCUT2D eigenvalue weighted by Crippen LogP contribution is -2.26. The topological polar surface area (TPSA) is 21.3 Å². The van der Waals surface area contributed by atoms with E-state index in [1.807, 2.05) is 0 Å². The smallest absolute Gasteiger partial charge is 0.0532 e. The number of hydrogen-bond donors (Lipinski definition) is 1. The molecule has 1 saturated carbocycles. The van der Waals surface area contributed by atoms with Gasteiger partial charge in [0, 0.05) is 18.6 Å². The first-order valence-corrected chi connectivity index (χ1v) is 5.07. The lowest BCUT2D eigenvalue weighted by molar-refractivity contribution is 0.0564. The summed E-state index contributed by atoms with van der Waals surface area (Å²) < 4.78 is 5.70. The van der Waals surface area contributed by atoms with Crippen molar-refractivity contribution in [3.8, 4) is 0 Å². The van der Waals surface area contributed by atoms with Crippen LogP contribution in [0.25, 0.3) is 0 Å². The first-order chi connectivity index (χ1) is 5.79. The van der Waals surface area contributed by atoms with Crippen molar-refractivity contribution in [1.82, 2.24) is 5.32 Å². The molecule has 1 N–H and O–H groups in total. The Labute approximate surface area is 74.7 Å². The molecular formula is C10H19NO. The predicted octanol–water partition coefficient (Wildman–Crippen LogP) is 1.41. The highest BCUT2D eigenvalue weighted by Crippen LogP contribution is 2.30. The van der Waals surface area contributed by atoms with E-state index >= 15 is 0 Å². The molecular weight excluding hydrogens is 150 g/mol. The van der Waals surface area contributed by atoms with Crippen LogP contribution in [0.15, 0.2) is 0 Å². The Kier molecular flexibility index (Phi) is 2.37. The molecule has 1 heterocycles. The van der Waals surface area contributed by atoms with E-state index in [9.17, 15) is 0 Å². The molecule has 2 fully saturated rings. The van der Waals surface area contributed by atoms with Crippen LogP contribution in [0.1, 0.15) is 26.2 Å². The Hall–Kier alpha value is -0.0800. The highest BCUT2D eigenvalue weighted by atomic mass is 16.5. The van der Waals surface area contributed by atoms with Gasteiger partial charge >= 0.3 is 0 Å². The molecule has 2 rings (SSSR count). The Morgan fingerprint density at radius 1 is 1.50 bits per heavy atom. The third kappa shape index (κ3) is 2.20. The first kappa shape index (κ1) is 8.52. The van der Waals surface area contributed by atoms with Crippen LogP contribution >= 0.6 is 0 Å². The molecule has 0 aromatic heterocycles. The van der Waals surface area contributed by atoms with Crippen molar-refractivity contribution in [2.75, 3.05) is 26.3 Å². The average Bonchev–Trinajstić information content (AvgIpc) is 2.75. The van der Waals surface area contributed by atoms with Gasteiger partial charge < -0.3 is 10.1 Å². The molecule has 1 atom stereocenters. The van der Waals surface area contributed by atoms with Crippen LogP contribution in [0.4, 0.5) is 0 Å². The molecule has 0 aromatic rings. The van der Waals surface area contributed by atoms with Gasteiger partial charge in [0.1, 0.15) is 0 Å². The van der Waals surface area contributed by atoms with Gasteiger partial charge in [-0.3, -0.25) is 0 Å². The van der Waals surface area contributed by atoms with Crippen LogP contribution in [-0.4, -0.2) is 26.3 Å². The molecule has 0 spiro atoms. The summed E-state index contributed by atoms with van der Waals surface area (Å²) in [5, 5.41) is 3.39. The molecule has 1 aliphatic carbocycles. The molecule has 0 bridgehead atoms. The minimum Gasteiger partial charge on any atom is -0.381 e. The fraction of sp³-hybridized carbons (Fsp3) is 1.00. The standard InChI is InChI=1S/C10H19NO/c1-10(4-5-11-7-10)8-12-6-9-2-3-9/h9,11H,2-8H2,1H3. The molecule has 0 radical (unpaired) electrons. The van der Waals surface area contributed by atoms with Crippen molar-refractivity contribution in [2.45, 2.75) is 26.2 Å². The zero-order valence-electron chi connectivity index (χ0n) is 7.94. The van der Waals surface area contributed by atoms with Gasteiger partial charge in [0.15, 0.2) is 0 Å². The zero-order chi connectivity index (χ0) is 8.44. The Bertz CT molecular complexity index is 148. The van der Waals surface area contributed by atoms with Crippen LogP contribution in [-0.2, 0) is 4.74 Å². The molecule has 1 aliphatic heterocycles. The molecule has 12 heavy (non-hydrogen) atoms.